The highest BCUT2D eigenvalue weighted by Gasteiger charge is 2.37. The smallest absolute Gasteiger partial charge is 0.356 e. The molecule has 0 spiro atoms. The highest BCUT2D eigenvalue weighted by atomic mass is 19.4. The number of hydrogen-bond acceptors (Lipinski definition) is 6. The van der Waals surface area contributed by atoms with Crippen LogP contribution in [0.5, 0.6) is 0 Å². The first-order valence-corrected chi connectivity index (χ1v) is 9.61. The van der Waals surface area contributed by atoms with Crippen LogP contribution < -0.4 is 10.2 Å². The van der Waals surface area contributed by atoms with E-state index >= 15 is 0 Å². The Morgan fingerprint density at radius 2 is 1.91 bits per heavy atom. The number of nitriles is 1. The molecule has 0 saturated heterocycles. The summed E-state index contributed by atoms with van der Waals surface area (Å²) in [6, 6.07) is 13.5. The average molecular weight is 437 g/mol. The van der Waals surface area contributed by atoms with Gasteiger partial charge in [-0.25, -0.2) is 4.68 Å². The molecule has 0 aliphatic carbocycles. The third kappa shape index (κ3) is 3.47. The topological polar surface area (TPSA) is 93.6 Å². The van der Waals surface area contributed by atoms with Crippen LogP contribution in [0.3, 0.4) is 0 Å². The molecule has 0 amide bonds. The number of benzene rings is 2. The molecular formula is C22H18F3N7. The quantitative estimate of drug-likeness (QED) is 0.568. The van der Waals surface area contributed by atoms with Crippen LogP contribution in [0, 0.1) is 16.7 Å². The predicted octanol–water partition coefficient (Wildman–Crippen LogP) is 4.87. The van der Waals surface area contributed by atoms with E-state index in [1.165, 1.54) is 27.9 Å². The monoisotopic (exact) mass is 437 g/mol. The molecule has 0 radical (unpaired) electrons. The van der Waals surface area contributed by atoms with Gasteiger partial charge in [0.2, 0.25) is 11.9 Å². The van der Waals surface area contributed by atoms with Crippen molar-refractivity contribution in [3.05, 3.63) is 76.5 Å². The molecule has 4 rings (SSSR count). The lowest BCUT2D eigenvalue weighted by Crippen LogP contribution is -2.31. The molecule has 32 heavy (non-hydrogen) atoms. The van der Waals surface area contributed by atoms with Gasteiger partial charge in [-0.05, 0) is 36.2 Å². The first-order valence-electron chi connectivity index (χ1n) is 9.61. The van der Waals surface area contributed by atoms with Gasteiger partial charge in [-0.1, -0.05) is 30.3 Å². The van der Waals surface area contributed by atoms with Crippen LogP contribution in [0.25, 0.3) is 0 Å². The van der Waals surface area contributed by atoms with E-state index in [0.717, 1.165) is 17.7 Å². The minimum atomic E-state index is -4.51. The Balaban J connectivity index is 1.94. The number of aromatic nitrogens is 3. The van der Waals surface area contributed by atoms with Crippen LogP contribution in [0.4, 0.5) is 30.8 Å². The van der Waals surface area contributed by atoms with E-state index in [0.29, 0.717) is 16.8 Å². The van der Waals surface area contributed by atoms with Gasteiger partial charge in [0.05, 0.1) is 17.2 Å². The Hall–Kier alpha value is -4.13. The van der Waals surface area contributed by atoms with E-state index in [9.17, 15) is 18.4 Å². The number of halogens is 3. The van der Waals surface area contributed by atoms with Crippen molar-refractivity contribution in [3.63, 3.8) is 0 Å². The summed E-state index contributed by atoms with van der Waals surface area (Å²) in [6.45, 7) is 1.68. The number of anilines is 3. The molecule has 2 N–H and O–H groups in total. The Labute approximate surface area is 181 Å². The van der Waals surface area contributed by atoms with Crippen LogP contribution in [0.2, 0.25) is 0 Å². The average Bonchev–Trinajstić information content (AvgIpc) is 3.21. The second-order valence-electron chi connectivity index (χ2n) is 7.14. The zero-order valence-electron chi connectivity index (χ0n) is 17.1. The molecule has 1 aliphatic rings. The maximum atomic E-state index is 13.3. The Kier molecular flexibility index (Phi) is 5.18. The number of allylic oxidation sites excluding steroid dienone is 2. The zero-order chi connectivity index (χ0) is 23.0. The van der Waals surface area contributed by atoms with Gasteiger partial charge in [-0.2, -0.15) is 23.4 Å². The summed E-state index contributed by atoms with van der Waals surface area (Å²) >= 11 is 0. The second-order valence-corrected chi connectivity index (χ2v) is 7.14. The fourth-order valence-corrected chi connectivity index (χ4v) is 3.69. The van der Waals surface area contributed by atoms with Gasteiger partial charge < -0.3 is 10.7 Å². The van der Waals surface area contributed by atoms with Gasteiger partial charge in [0.25, 0.3) is 0 Å². The minimum absolute atomic E-state index is 0.221. The van der Waals surface area contributed by atoms with Crippen molar-refractivity contribution in [2.45, 2.75) is 19.1 Å². The summed E-state index contributed by atoms with van der Waals surface area (Å²) < 4.78 is 41.5. The largest absolute Gasteiger partial charge is 0.416 e. The maximum absolute atomic E-state index is 13.3. The first-order chi connectivity index (χ1) is 15.3. The van der Waals surface area contributed by atoms with Crippen LogP contribution in [-0.2, 0) is 6.18 Å². The van der Waals surface area contributed by atoms with Crippen LogP contribution in [-0.4, -0.2) is 28.0 Å². The summed E-state index contributed by atoms with van der Waals surface area (Å²) in [4.78, 5) is 5.96. The number of nitrogens with one attached hydrogen (secondary N) is 2. The number of hydrogen-bond donors (Lipinski definition) is 2. The van der Waals surface area contributed by atoms with E-state index < -0.39 is 17.8 Å². The van der Waals surface area contributed by atoms with E-state index in [-0.39, 0.29) is 17.6 Å². The van der Waals surface area contributed by atoms with Gasteiger partial charge in [-0.15, -0.1) is 5.10 Å². The summed E-state index contributed by atoms with van der Waals surface area (Å²) in [5.74, 6) is 0.552. The van der Waals surface area contributed by atoms with Gasteiger partial charge in [0, 0.05) is 24.6 Å². The normalized spacial score (nSPS) is 15.9. The number of nitrogens with zero attached hydrogens (tertiary/aromatic N) is 5. The Bertz CT molecular complexity index is 1250. The van der Waals surface area contributed by atoms with Crippen molar-refractivity contribution in [2.24, 2.45) is 0 Å². The molecule has 7 nitrogen and oxygen atoms in total. The highest BCUT2D eigenvalue weighted by Crippen LogP contribution is 2.43. The molecule has 1 atom stereocenters. The molecule has 2 heterocycles. The second kappa shape index (κ2) is 7.85. The molecular weight excluding hydrogens is 419 g/mol. The molecule has 162 valence electrons. The molecule has 0 fully saturated rings. The third-order valence-electron chi connectivity index (χ3n) is 5.25. The van der Waals surface area contributed by atoms with Crippen molar-refractivity contribution in [1.82, 2.24) is 14.8 Å². The molecule has 1 aliphatic heterocycles. The van der Waals surface area contributed by atoms with Crippen molar-refractivity contribution < 1.29 is 13.2 Å². The number of rotatable bonds is 4. The fraction of sp³-hybridized carbons (Fsp3) is 0.182. The first kappa shape index (κ1) is 21.1. The van der Waals surface area contributed by atoms with E-state index in [1.54, 1.807) is 38.2 Å². The third-order valence-corrected chi connectivity index (χ3v) is 5.25. The summed E-state index contributed by atoms with van der Waals surface area (Å²) in [5.41, 5.74) is 1.64. The highest BCUT2D eigenvalue weighted by molar-refractivity contribution is 5.77. The lowest BCUT2D eigenvalue weighted by Gasteiger charge is -2.34. The lowest BCUT2D eigenvalue weighted by atomic mass is 9.95. The molecule has 2 aromatic carbocycles. The van der Waals surface area contributed by atoms with Gasteiger partial charge in [0.15, 0.2) is 0 Å². The molecule has 0 unspecified atom stereocenters. The van der Waals surface area contributed by atoms with Gasteiger partial charge in [-0.3, -0.25) is 4.90 Å². The SMILES string of the molecule is CNc1nc2n(n1)[C@H](c1ccc(C=N)cc1)C(C#N)=C(C)N2c1cccc(C(F)(F)F)c1. The van der Waals surface area contributed by atoms with Crippen molar-refractivity contribution in [3.8, 4) is 6.07 Å². The van der Waals surface area contributed by atoms with Crippen molar-refractivity contribution in [1.29, 1.82) is 10.7 Å². The summed E-state index contributed by atoms with van der Waals surface area (Å²) in [7, 11) is 1.63. The van der Waals surface area contributed by atoms with Gasteiger partial charge >= 0.3 is 6.18 Å². The number of fused-ring (bicyclic) bond motifs is 1. The summed E-state index contributed by atoms with van der Waals surface area (Å²) in [6.07, 6.45) is -3.29. The predicted molar refractivity (Wildman–Crippen MR) is 114 cm³/mol. The Morgan fingerprint density at radius 1 is 1.19 bits per heavy atom. The number of alkyl halides is 3. The van der Waals surface area contributed by atoms with Crippen molar-refractivity contribution >= 4 is 23.8 Å². The van der Waals surface area contributed by atoms with Crippen LogP contribution >= 0.6 is 0 Å². The standard InChI is InChI=1S/C22H18F3N7/c1-13-18(12-27)19(15-8-6-14(11-26)7-9-15)32-21(29-20(28-2)30-32)31(13)17-5-3-4-16(10-17)22(23,24)25/h3-11,19,26H,1-2H3,(H,28,30)/t19-/m1/s1. The van der Waals surface area contributed by atoms with Crippen LogP contribution in [0.15, 0.2) is 59.8 Å². The molecule has 10 heteroatoms. The lowest BCUT2D eigenvalue weighted by molar-refractivity contribution is -0.137. The molecule has 3 aromatic rings. The maximum Gasteiger partial charge on any atom is 0.416 e. The molecule has 1 aromatic heterocycles. The fourth-order valence-electron chi connectivity index (χ4n) is 3.69. The van der Waals surface area contributed by atoms with E-state index in [2.05, 4.69) is 21.5 Å². The van der Waals surface area contributed by atoms with Crippen LogP contribution in [0.1, 0.15) is 29.7 Å². The summed E-state index contributed by atoms with van der Waals surface area (Å²) in [5, 5.41) is 24.7. The Morgan fingerprint density at radius 3 is 2.50 bits per heavy atom. The van der Waals surface area contributed by atoms with Crippen molar-refractivity contribution in [2.75, 3.05) is 17.3 Å². The van der Waals surface area contributed by atoms with E-state index in [1.807, 2.05) is 0 Å². The molecule has 0 saturated carbocycles. The minimum Gasteiger partial charge on any atom is -0.356 e. The molecule has 0 bridgehead atoms. The van der Waals surface area contributed by atoms with E-state index in [4.69, 9.17) is 5.41 Å². The zero-order valence-corrected chi connectivity index (χ0v) is 17.1. The van der Waals surface area contributed by atoms with Gasteiger partial charge in [0.1, 0.15) is 6.04 Å².